The van der Waals surface area contributed by atoms with E-state index in [-0.39, 0.29) is 36.2 Å². The predicted octanol–water partition coefficient (Wildman–Crippen LogP) is 1.39. The highest BCUT2D eigenvalue weighted by Crippen LogP contribution is 2.59. The summed E-state index contributed by atoms with van der Waals surface area (Å²) in [6.45, 7) is -2.39. The van der Waals surface area contributed by atoms with Crippen molar-refractivity contribution in [1.82, 2.24) is 24.6 Å². The molecule has 0 bridgehead atoms. The Kier molecular flexibility index (Phi) is 7.84. The van der Waals surface area contributed by atoms with E-state index in [0.717, 1.165) is 16.9 Å². The number of nitrogens with two attached hydrogens (primary N) is 1. The third kappa shape index (κ3) is 5.61. The van der Waals surface area contributed by atoms with Crippen molar-refractivity contribution >= 4 is 41.2 Å². The van der Waals surface area contributed by atoms with Crippen LogP contribution in [0.15, 0.2) is 36.7 Å². The van der Waals surface area contributed by atoms with Gasteiger partial charge in [0.05, 0.1) is 20.0 Å². The van der Waals surface area contributed by atoms with Crippen molar-refractivity contribution in [3.05, 3.63) is 42.2 Å². The minimum atomic E-state index is -3.56. The van der Waals surface area contributed by atoms with E-state index in [4.69, 9.17) is 24.5 Å². The summed E-state index contributed by atoms with van der Waals surface area (Å²) in [4.78, 5) is 25.0. The molecule has 2 aromatic heterocycles. The standard InChI is InChI=1S/C23H29N6O8PS/c1-23(32)17(30)15(37-21(23)29-12-25-16-18(29)26-22(24)27-19(16)34-2)11-36-38(33)28-14(8-9-39-38)20(31)35-10-13-6-4-3-5-7-13/h3-7,12,14-15,17,21,30,32H,8-11H2,1-2H3,(H,28,33)(H2,24,26,27)/t14?,15-,17-,21-,23-,38?/m1/s1. The number of hydrogen-bond donors (Lipinski definition) is 4. The number of ether oxygens (including phenoxy) is 3. The van der Waals surface area contributed by atoms with E-state index in [1.807, 2.05) is 30.3 Å². The first-order valence-electron chi connectivity index (χ1n) is 12.1. The lowest BCUT2D eigenvalue weighted by Gasteiger charge is -2.29. The zero-order valence-corrected chi connectivity index (χ0v) is 22.9. The first-order chi connectivity index (χ1) is 18.6. The lowest BCUT2D eigenvalue weighted by molar-refractivity contribution is -0.147. The SMILES string of the molecule is COc1nc(N)nc2c1ncn2[C@@H]1O[C@H](COP2(=O)NC(C(=O)OCc3ccccc3)CCS2)[C@@H](O)[C@@]1(C)O. The Bertz CT molecular complexity index is 1390. The normalized spacial score (nSPS) is 30.9. The fourth-order valence-electron chi connectivity index (χ4n) is 4.43. The number of carbonyl (C=O) groups excluding carboxylic acids is 1. The molecular formula is C23H29N6O8PS. The van der Waals surface area contributed by atoms with Crippen molar-refractivity contribution in [2.24, 2.45) is 0 Å². The molecule has 0 spiro atoms. The van der Waals surface area contributed by atoms with E-state index in [9.17, 15) is 19.6 Å². The summed E-state index contributed by atoms with van der Waals surface area (Å²) in [5.41, 5.74) is 5.33. The highest BCUT2D eigenvalue weighted by molar-refractivity contribution is 8.56. The van der Waals surface area contributed by atoms with Crippen LogP contribution >= 0.6 is 18.1 Å². The summed E-state index contributed by atoms with van der Waals surface area (Å²) in [7, 11) is 1.41. The molecule has 16 heteroatoms. The maximum atomic E-state index is 13.4. The van der Waals surface area contributed by atoms with E-state index >= 15 is 0 Å². The zero-order chi connectivity index (χ0) is 27.8. The highest BCUT2D eigenvalue weighted by Gasteiger charge is 2.54. The molecule has 1 aromatic carbocycles. The van der Waals surface area contributed by atoms with Gasteiger partial charge in [0, 0.05) is 5.75 Å². The Morgan fingerprint density at radius 3 is 2.87 bits per heavy atom. The molecule has 14 nitrogen and oxygen atoms in total. The molecule has 5 rings (SSSR count). The molecule has 6 atom stereocenters. The van der Waals surface area contributed by atoms with E-state index in [2.05, 4.69) is 20.0 Å². The first-order valence-corrected chi connectivity index (χ1v) is 15.3. The third-order valence-corrected chi connectivity index (χ3v) is 10.6. The van der Waals surface area contributed by atoms with Crippen LogP contribution in [-0.2, 0) is 30.0 Å². The summed E-state index contributed by atoms with van der Waals surface area (Å²) < 4.78 is 37.0. The smallest absolute Gasteiger partial charge is 0.327 e. The van der Waals surface area contributed by atoms with E-state index in [0.29, 0.717) is 12.2 Å². The van der Waals surface area contributed by atoms with Crippen molar-refractivity contribution in [3.63, 3.8) is 0 Å². The van der Waals surface area contributed by atoms with Crippen molar-refractivity contribution < 1.29 is 38.3 Å². The van der Waals surface area contributed by atoms with Gasteiger partial charge in [0.25, 0.3) is 0 Å². The Balaban J connectivity index is 1.24. The number of nitrogen functional groups attached to an aromatic ring is 1. The van der Waals surface area contributed by atoms with Gasteiger partial charge in [-0.3, -0.25) is 13.9 Å². The van der Waals surface area contributed by atoms with Crippen LogP contribution in [0.3, 0.4) is 0 Å². The van der Waals surface area contributed by atoms with Crippen LogP contribution in [0.25, 0.3) is 11.2 Å². The molecule has 0 amide bonds. The van der Waals surface area contributed by atoms with Crippen molar-refractivity contribution in [1.29, 1.82) is 0 Å². The number of aromatic nitrogens is 4. The van der Waals surface area contributed by atoms with E-state index < -0.39 is 42.8 Å². The Morgan fingerprint density at radius 1 is 1.36 bits per heavy atom. The van der Waals surface area contributed by atoms with Gasteiger partial charge in [0.1, 0.15) is 30.5 Å². The summed E-state index contributed by atoms with van der Waals surface area (Å²) in [5.74, 6) is -0.0701. The van der Waals surface area contributed by atoms with Gasteiger partial charge in [0.2, 0.25) is 11.8 Å². The van der Waals surface area contributed by atoms with Crippen LogP contribution in [0, 0.1) is 0 Å². The number of rotatable bonds is 8. The monoisotopic (exact) mass is 580 g/mol. The summed E-state index contributed by atoms with van der Waals surface area (Å²) >= 11 is 1.05. The largest absolute Gasteiger partial charge is 0.479 e. The fourth-order valence-corrected chi connectivity index (χ4v) is 8.24. The van der Waals surface area contributed by atoms with Crippen LogP contribution < -0.4 is 15.6 Å². The van der Waals surface area contributed by atoms with Crippen LogP contribution in [-0.4, -0.2) is 79.0 Å². The number of carbonyl (C=O) groups is 1. The summed E-state index contributed by atoms with van der Waals surface area (Å²) in [6.07, 6.45) is -1.86. The van der Waals surface area contributed by atoms with Crippen molar-refractivity contribution in [2.75, 3.05) is 25.2 Å². The van der Waals surface area contributed by atoms with E-state index in [1.54, 1.807) is 0 Å². The average molecular weight is 581 g/mol. The van der Waals surface area contributed by atoms with Crippen LogP contribution in [0.1, 0.15) is 25.1 Å². The number of aliphatic hydroxyl groups excluding tert-OH is 1. The highest BCUT2D eigenvalue weighted by atomic mass is 32.7. The molecule has 39 heavy (non-hydrogen) atoms. The topological polar surface area (TPSA) is 193 Å². The minimum Gasteiger partial charge on any atom is -0.479 e. The second-order valence-electron chi connectivity index (χ2n) is 9.30. The number of aliphatic hydroxyl groups is 2. The molecule has 5 N–H and O–H groups in total. The Hall–Kier alpha value is -2.78. The molecule has 2 aliphatic rings. The van der Waals surface area contributed by atoms with Crippen LogP contribution in [0.4, 0.5) is 5.95 Å². The number of hydrogen-bond acceptors (Lipinski definition) is 13. The number of nitrogens with zero attached hydrogens (tertiary/aromatic N) is 4. The number of methoxy groups -OCH3 is 1. The van der Waals surface area contributed by atoms with Gasteiger partial charge < -0.3 is 34.7 Å². The molecule has 4 heterocycles. The number of nitrogens with one attached hydrogen (secondary N) is 1. The van der Waals surface area contributed by atoms with Gasteiger partial charge in [-0.25, -0.2) is 10.1 Å². The molecular weight excluding hydrogens is 551 g/mol. The molecule has 0 radical (unpaired) electrons. The summed E-state index contributed by atoms with van der Waals surface area (Å²) in [5, 5.41) is 24.8. The molecule has 0 aliphatic carbocycles. The molecule has 3 aromatic rings. The number of fused-ring (bicyclic) bond motifs is 1. The Labute approximate surface area is 227 Å². The van der Waals surface area contributed by atoms with Gasteiger partial charge in [-0.15, -0.1) is 0 Å². The second kappa shape index (κ2) is 11.0. The quantitative estimate of drug-likeness (QED) is 0.220. The van der Waals surface area contributed by atoms with Crippen LogP contribution in [0.2, 0.25) is 0 Å². The third-order valence-electron chi connectivity index (χ3n) is 6.51. The molecule has 2 saturated heterocycles. The zero-order valence-electron chi connectivity index (χ0n) is 21.2. The molecule has 2 aliphatic heterocycles. The fraction of sp³-hybridized carbons (Fsp3) is 0.478. The maximum absolute atomic E-state index is 13.4. The van der Waals surface area contributed by atoms with Crippen molar-refractivity contribution in [3.8, 4) is 5.88 Å². The summed E-state index contributed by atoms with van der Waals surface area (Å²) in [6, 6.07) is 8.42. The lowest BCUT2D eigenvalue weighted by Crippen LogP contribution is -2.44. The van der Waals surface area contributed by atoms with Crippen molar-refractivity contribution in [2.45, 2.75) is 50.0 Å². The number of esters is 1. The van der Waals surface area contributed by atoms with Gasteiger partial charge in [-0.1, -0.05) is 41.7 Å². The molecule has 210 valence electrons. The van der Waals surface area contributed by atoms with Gasteiger partial charge in [0.15, 0.2) is 17.4 Å². The van der Waals surface area contributed by atoms with Gasteiger partial charge >= 0.3 is 12.7 Å². The minimum absolute atomic E-state index is 0.0745. The van der Waals surface area contributed by atoms with Crippen LogP contribution in [0.5, 0.6) is 5.88 Å². The van der Waals surface area contributed by atoms with Gasteiger partial charge in [-0.05, 0) is 18.9 Å². The molecule has 0 saturated carbocycles. The van der Waals surface area contributed by atoms with Gasteiger partial charge in [-0.2, -0.15) is 9.97 Å². The second-order valence-corrected chi connectivity index (χ2v) is 13.7. The number of benzene rings is 1. The van der Waals surface area contributed by atoms with E-state index in [1.165, 1.54) is 24.9 Å². The first kappa shape index (κ1) is 27.8. The number of anilines is 1. The lowest BCUT2D eigenvalue weighted by atomic mass is 9.96. The molecule has 2 unspecified atom stereocenters. The average Bonchev–Trinajstić information content (AvgIpc) is 3.43. The Morgan fingerprint density at radius 2 is 2.13 bits per heavy atom. The molecule has 2 fully saturated rings. The predicted molar refractivity (Wildman–Crippen MR) is 141 cm³/mol. The maximum Gasteiger partial charge on any atom is 0.327 e. The number of imidazole rings is 1.